The fourth-order valence-electron chi connectivity index (χ4n) is 1.65. The second kappa shape index (κ2) is 5.83. The number of aromatic amines is 1. The van der Waals surface area contributed by atoms with Gasteiger partial charge in [0.2, 0.25) is 5.91 Å². The maximum Gasteiger partial charge on any atom is 0.224 e. The smallest absolute Gasteiger partial charge is 0.224 e. The molecule has 6 nitrogen and oxygen atoms in total. The Morgan fingerprint density at radius 2 is 2.32 bits per heavy atom. The first-order chi connectivity index (χ1) is 9.06. The number of H-pyrrole nitrogens is 1. The second-order valence-corrected chi connectivity index (χ2v) is 5.08. The molecule has 0 aliphatic rings. The lowest BCUT2D eigenvalue weighted by atomic mass is 10.1. The quantitative estimate of drug-likeness (QED) is 0.750. The van der Waals surface area contributed by atoms with E-state index in [2.05, 4.69) is 36.4 Å². The lowest BCUT2D eigenvalue weighted by Crippen LogP contribution is -2.14. The molecule has 1 aromatic heterocycles. The highest BCUT2D eigenvalue weighted by Crippen LogP contribution is 2.27. The van der Waals surface area contributed by atoms with Crippen molar-refractivity contribution in [2.24, 2.45) is 0 Å². The third-order valence-electron chi connectivity index (χ3n) is 2.68. The average molecular weight is 324 g/mol. The first-order valence-electron chi connectivity index (χ1n) is 5.76. The molecule has 0 aliphatic carbocycles. The van der Waals surface area contributed by atoms with Crippen LogP contribution in [0.15, 0.2) is 22.9 Å². The topological polar surface area (TPSA) is 96.7 Å². The van der Waals surface area contributed by atoms with Gasteiger partial charge in [0, 0.05) is 17.3 Å². The van der Waals surface area contributed by atoms with E-state index in [-0.39, 0.29) is 5.91 Å². The molecule has 4 N–H and O–H groups in total. The first kappa shape index (κ1) is 13.5. The number of hydrogen-bond acceptors (Lipinski definition) is 4. The number of anilines is 2. The number of aryl methyl sites for hydroxylation is 2. The number of nitrogens with zero attached hydrogens (tertiary/aromatic N) is 2. The molecule has 0 unspecified atom stereocenters. The molecule has 2 rings (SSSR count). The number of aromatic nitrogens is 3. The summed E-state index contributed by atoms with van der Waals surface area (Å²) in [6.45, 7) is 1.89. The van der Waals surface area contributed by atoms with Gasteiger partial charge in [-0.3, -0.25) is 9.89 Å². The summed E-state index contributed by atoms with van der Waals surface area (Å²) in [6, 6.07) is 3.69. The molecular weight excluding hydrogens is 310 g/mol. The van der Waals surface area contributed by atoms with Crippen LogP contribution >= 0.6 is 15.9 Å². The van der Waals surface area contributed by atoms with E-state index < -0.39 is 0 Å². The van der Waals surface area contributed by atoms with Crippen LogP contribution in [0.5, 0.6) is 0 Å². The van der Waals surface area contributed by atoms with Crippen molar-refractivity contribution < 1.29 is 4.79 Å². The summed E-state index contributed by atoms with van der Waals surface area (Å²) in [5, 5.41) is 9.24. The molecule has 1 aromatic carbocycles. The van der Waals surface area contributed by atoms with Crippen LogP contribution in [0, 0.1) is 6.92 Å². The van der Waals surface area contributed by atoms with Crippen molar-refractivity contribution in [3.05, 3.63) is 34.3 Å². The van der Waals surface area contributed by atoms with E-state index in [4.69, 9.17) is 5.73 Å². The summed E-state index contributed by atoms with van der Waals surface area (Å²) in [6.07, 6.45) is 2.25. The van der Waals surface area contributed by atoms with Crippen molar-refractivity contribution in [2.45, 2.75) is 19.8 Å². The van der Waals surface area contributed by atoms with Gasteiger partial charge in [-0.1, -0.05) is 15.9 Å². The normalized spacial score (nSPS) is 10.4. The van der Waals surface area contributed by atoms with E-state index in [0.717, 1.165) is 10.0 Å². The minimum absolute atomic E-state index is 0.111. The molecule has 0 spiro atoms. The number of benzene rings is 1. The molecule has 100 valence electrons. The molecule has 0 aliphatic heterocycles. The van der Waals surface area contributed by atoms with Gasteiger partial charge in [0.1, 0.15) is 12.2 Å². The van der Waals surface area contributed by atoms with Gasteiger partial charge in [0.25, 0.3) is 0 Å². The molecule has 0 radical (unpaired) electrons. The number of amides is 1. The highest BCUT2D eigenvalue weighted by atomic mass is 79.9. The number of nitrogens with two attached hydrogens (primary N) is 1. The van der Waals surface area contributed by atoms with E-state index in [1.807, 2.05) is 13.0 Å². The van der Waals surface area contributed by atoms with Gasteiger partial charge in [-0.15, -0.1) is 0 Å². The number of halogens is 1. The summed E-state index contributed by atoms with van der Waals surface area (Å²) in [5.74, 6) is 0.578. The van der Waals surface area contributed by atoms with Gasteiger partial charge >= 0.3 is 0 Å². The van der Waals surface area contributed by atoms with Crippen molar-refractivity contribution in [2.75, 3.05) is 11.1 Å². The third kappa shape index (κ3) is 3.54. The van der Waals surface area contributed by atoms with Crippen molar-refractivity contribution >= 4 is 33.2 Å². The van der Waals surface area contributed by atoms with E-state index in [0.29, 0.717) is 30.0 Å². The molecule has 0 fully saturated rings. The molecule has 2 aromatic rings. The van der Waals surface area contributed by atoms with E-state index in [1.165, 1.54) is 6.33 Å². The molecule has 7 heteroatoms. The van der Waals surface area contributed by atoms with E-state index in [1.54, 1.807) is 6.07 Å². The number of nitrogens with one attached hydrogen (secondary N) is 2. The molecule has 19 heavy (non-hydrogen) atoms. The minimum atomic E-state index is -0.111. The van der Waals surface area contributed by atoms with Crippen LogP contribution in [-0.4, -0.2) is 21.1 Å². The van der Waals surface area contributed by atoms with Crippen molar-refractivity contribution in [1.82, 2.24) is 15.2 Å². The van der Waals surface area contributed by atoms with Gasteiger partial charge in [-0.05, 0) is 24.6 Å². The summed E-state index contributed by atoms with van der Waals surface area (Å²) >= 11 is 3.38. The lowest BCUT2D eigenvalue weighted by molar-refractivity contribution is -0.116. The maximum atomic E-state index is 11.8. The Morgan fingerprint density at radius 1 is 1.53 bits per heavy atom. The molecule has 1 amide bonds. The van der Waals surface area contributed by atoms with Gasteiger partial charge in [-0.25, -0.2) is 4.98 Å². The average Bonchev–Trinajstić information content (AvgIpc) is 2.86. The fraction of sp³-hybridized carbons (Fsp3) is 0.250. The fourth-order valence-corrected chi connectivity index (χ4v) is 2.23. The number of rotatable bonds is 4. The Morgan fingerprint density at radius 3 is 3.00 bits per heavy atom. The molecule has 0 bridgehead atoms. The molecule has 0 atom stereocenters. The van der Waals surface area contributed by atoms with Crippen molar-refractivity contribution in [1.29, 1.82) is 0 Å². The summed E-state index contributed by atoms with van der Waals surface area (Å²) < 4.78 is 0.879. The third-order valence-corrected chi connectivity index (χ3v) is 3.14. The van der Waals surface area contributed by atoms with Crippen LogP contribution in [0.2, 0.25) is 0 Å². The zero-order valence-corrected chi connectivity index (χ0v) is 12.0. The number of carbonyl (C=O) groups excluding carboxylic acids is 1. The van der Waals surface area contributed by atoms with Crippen LogP contribution < -0.4 is 11.1 Å². The second-order valence-electron chi connectivity index (χ2n) is 4.16. The Labute approximate surface area is 118 Å². The highest BCUT2D eigenvalue weighted by Gasteiger charge is 2.09. The largest absolute Gasteiger partial charge is 0.397 e. The van der Waals surface area contributed by atoms with Gasteiger partial charge < -0.3 is 11.1 Å². The summed E-state index contributed by atoms with van der Waals surface area (Å²) in [7, 11) is 0. The number of nitrogen functional groups attached to an aromatic ring is 1. The standard InChI is InChI=1S/C12H14BrN5O/c1-7-4-8(13)5-9(12(7)14)17-11(19)3-2-10-15-6-16-18-10/h4-6H,2-3,14H2,1H3,(H,17,19)(H,15,16,18). The van der Waals surface area contributed by atoms with Crippen LogP contribution in [-0.2, 0) is 11.2 Å². The zero-order chi connectivity index (χ0) is 13.8. The van der Waals surface area contributed by atoms with Crippen LogP contribution in [0.1, 0.15) is 17.8 Å². The van der Waals surface area contributed by atoms with Gasteiger partial charge in [-0.2, -0.15) is 5.10 Å². The van der Waals surface area contributed by atoms with Gasteiger partial charge in [0.15, 0.2) is 0 Å². The van der Waals surface area contributed by atoms with E-state index >= 15 is 0 Å². The van der Waals surface area contributed by atoms with Crippen molar-refractivity contribution in [3.63, 3.8) is 0 Å². The Kier molecular flexibility index (Phi) is 4.16. The predicted octanol–water partition coefficient (Wildman–Crippen LogP) is 2.03. The number of carbonyl (C=O) groups is 1. The predicted molar refractivity (Wildman–Crippen MR) is 76.6 cm³/mol. The van der Waals surface area contributed by atoms with Crippen molar-refractivity contribution in [3.8, 4) is 0 Å². The highest BCUT2D eigenvalue weighted by molar-refractivity contribution is 9.10. The molecular formula is C12H14BrN5O. The summed E-state index contributed by atoms with van der Waals surface area (Å²) in [4.78, 5) is 15.8. The minimum Gasteiger partial charge on any atom is -0.397 e. The number of hydrogen-bond donors (Lipinski definition) is 3. The Hall–Kier alpha value is -1.89. The molecule has 0 saturated heterocycles. The molecule has 1 heterocycles. The van der Waals surface area contributed by atoms with Crippen LogP contribution in [0.25, 0.3) is 0 Å². The monoisotopic (exact) mass is 323 g/mol. The zero-order valence-electron chi connectivity index (χ0n) is 10.4. The van der Waals surface area contributed by atoms with E-state index in [9.17, 15) is 4.79 Å². The van der Waals surface area contributed by atoms with Gasteiger partial charge in [0.05, 0.1) is 11.4 Å². The molecule has 0 saturated carbocycles. The maximum absolute atomic E-state index is 11.8. The first-order valence-corrected chi connectivity index (χ1v) is 6.55. The van der Waals surface area contributed by atoms with Crippen LogP contribution in [0.4, 0.5) is 11.4 Å². The van der Waals surface area contributed by atoms with Crippen LogP contribution in [0.3, 0.4) is 0 Å². The Balaban J connectivity index is 1.99. The SMILES string of the molecule is Cc1cc(Br)cc(NC(=O)CCc2ncn[nH]2)c1N. The lowest BCUT2D eigenvalue weighted by Gasteiger charge is -2.10. The Bertz CT molecular complexity index is 582. The summed E-state index contributed by atoms with van der Waals surface area (Å²) in [5.41, 5.74) is 8.04.